The van der Waals surface area contributed by atoms with Crippen LogP contribution in [0.5, 0.6) is 5.88 Å². The molecule has 0 saturated heterocycles. The van der Waals surface area contributed by atoms with Crippen LogP contribution in [0.15, 0.2) is 42.7 Å². The number of carbonyl (C=O) groups excluding carboxylic acids is 1. The second-order valence-corrected chi connectivity index (χ2v) is 8.51. The minimum atomic E-state index is -4.59. The number of hydrogen-bond acceptors (Lipinski definition) is 5. The minimum absolute atomic E-state index is 0.0446. The Morgan fingerprint density at radius 1 is 1.14 bits per heavy atom. The zero-order valence-electron chi connectivity index (χ0n) is 19.9. The molecule has 8 nitrogen and oxygen atoms in total. The zero-order valence-corrected chi connectivity index (χ0v) is 19.9. The van der Waals surface area contributed by atoms with Gasteiger partial charge in [-0.25, -0.2) is 9.97 Å². The van der Waals surface area contributed by atoms with E-state index in [0.29, 0.717) is 41.1 Å². The lowest BCUT2D eigenvalue weighted by Gasteiger charge is -2.27. The maximum atomic E-state index is 13.5. The van der Waals surface area contributed by atoms with Crippen LogP contribution in [0.25, 0.3) is 28.4 Å². The topological polar surface area (TPSA) is 78.1 Å². The molecule has 0 N–H and O–H groups in total. The van der Waals surface area contributed by atoms with Crippen LogP contribution in [0.1, 0.15) is 22.5 Å². The van der Waals surface area contributed by atoms with E-state index in [0.717, 1.165) is 11.3 Å². The summed E-state index contributed by atoms with van der Waals surface area (Å²) in [4.78, 5) is 23.2. The molecule has 0 aliphatic carbocycles. The quantitative estimate of drug-likeness (QED) is 0.399. The van der Waals surface area contributed by atoms with Gasteiger partial charge in [-0.15, -0.1) is 0 Å². The fourth-order valence-corrected chi connectivity index (χ4v) is 4.79. The molecule has 0 radical (unpaired) electrons. The summed E-state index contributed by atoms with van der Waals surface area (Å²) in [5, 5.41) is 4.29. The van der Waals surface area contributed by atoms with Crippen LogP contribution >= 0.6 is 0 Å². The Balaban J connectivity index is 1.54. The van der Waals surface area contributed by atoms with Crippen molar-refractivity contribution in [2.45, 2.75) is 19.1 Å². The molecular formula is C25H23F3N6O2. The second kappa shape index (κ2) is 8.81. The van der Waals surface area contributed by atoms with Gasteiger partial charge in [-0.05, 0) is 11.6 Å². The van der Waals surface area contributed by atoms with Crippen LogP contribution in [0.2, 0.25) is 0 Å². The number of rotatable bonds is 4. The zero-order chi connectivity index (χ0) is 25.6. The van der Waals surface area contributed by atoms with E-state index in [-0.39, 0.29) is 12.1 Å². The summed E-state index contributed by atoms with van der Waals surface area (Å²) >= 11 is 0. The van der Waals surface area contributed by atoms with Crippen LogP contribution in [-0.4, -0.2) is 48.8 Å². The number of carbonyl (C=O) groups is 1. The van der Waals surface area contributed by atoms with Gasteiger partial charge in [-0.2, -0.15) is 18.3 Å². The predicted molar refractivity (Wildman–Crippen MR) is 127 cm³/mol. The number of amides is 1. The van der Waals surface area contributed by atoms with E-state index in [1.807, 2.05) is 41.9 Å². The predicted octanol–water partition coefficient (Wildman–Crippen LogP) is 3.99. The van der Waals surface area contributed by atoms with Crippen molar-refractivity contribution in [3.8, 4) is 17.1 Å². The molecule has 5 rings (SSSR count). The molecule has 0 unspecified atom stereocenters. The van der Waals surface area contributed by atoms with Gasteiger partial charge in [0.25, 0.3) is 0 Å². The van der Waals surface area contributed by atoms with Crippen molar-refractivity contribution in [1.29, 1.82) is 0 Å². The summed E-state index contributed by atoms with van der Waals surface area (Å²) in [6.45, 7) is 0.134. The molecule has 0 spiro atoms. The molecule has 3 aromatic heterocycles. The standard InChI is InChI=1S/C25H23F3N6O2/c1-32-21(15-7-5-4-6-8-15)16(20-23(32)29-14-30-24(20)36-3)9-10-19(35)34-12-11-18-17(13-34)22(25(26,27)28)31-33(18)2/h4-10,14H,11-13H2,1-3H3/b10-9+. The van der Waals surface area contributed by atoms with Crippen molar-refractivity contribution in [2.75, 3.05) is 13.7 Å². The van der Waals surface area contributed by atoms with Gasteiger partial charge in [-0.3, -0.25) is 9.48 Å². The molecule has 11 heteroatoms. The van der Waals surface area contributed by atoms with E-state index in [4.69, 9.17) is 4.74 Å². The molecule has 0 bridgehead atoms. The summed E-state index contributed by atoms with van der Waals surface area (Å²) in [6.07, 6.45) is 0.146. The molecule has 1 aliphatic rings. The lowest BCUT2D eigenvalue weighted by atomic mass is 10.0. The summed E-state index contributed by atoms with van der Waals surface area (Å²) < 4.78 is 49.1. The smallest absolute Gasteiger partial charge is 0.435 e. The first-order chi connectivity index (χ1) is 17.2. The highest BCUT2D eigenvalue weighted by molar-refractivity contribution is 6.02. The maximum absolute atomic E-state index is 13.5. The number of nitrogens with zero attached hydrogens (tertiary/aromatic N) is 6. The van der Waals surface area contributed by atoms with Gasteiger partial charge in [0.05, 0.1) is 18.2 Å². The number of benzene rings is 1. The molecular weight excluding hydrogens is 473 g/mol. The molecule has 186 valence electrons. The second-order valence-electron chi connectivity index (χ2n) is 8.51. The van der Waals surface area contributed by atoms with Crippen LogP contribution < -0.4 is 4.74 Å². The number of hydrogen-bond donors (Lipinski definition) is 0. The number of alkyl halides is 3. The normalized spacial score (nSPS) is 14.0. The van der Waals surface area contributed by atoms with E-state index in [9.17, 15) is 18.0 Å². The van der Waals surface area contributed by atoms with Gasteiger partial charge in [0, 0.05) is 56.5 Å². The molecule has 1 aliphatic heterocycles. The maximum Gasteiger partial charge on any atom is 0.435 e. The average molecular weight is 496 g/mol. The van der Waals surface area contributed by atoms with Crippen LogP contribution in [0.3, 0.4) is 0 Å². The summed E-state index contributed by atoms with van der Waals surface area (Å²) in [5.74, 6) is -0.0397. The summed E-state index contributed by atoms with van der Waals surface area (Å²) in [6, 6.07) is 9.61. The Morgan fingerprint density at radius 3 is 2.58 bits per heavy atom. The number of methoxy groups -OCH3 is 1. The molecule has 4 aromatic rings. The Hall–Kier alpha value is -4.15. The number of fused-ring (bicyclic) bond motifs is 2. The molecule has 0 saturated carbocycles. The number of aromatic nitrogens is 5. The molecule has 36 heavy (non-hydrogen) atoms. The molecule has 0 atom stereocenters. The highest BCUT2D eigenvalue weighted by atomic mass is 19.4. The van der Waals surface area contributed by atoms with Gasteiger partial charge >= 0.3 is 6.18 Å². The first-order valence-corrected chi connectivity index (χ1v) is 11.2. The highest BCUT2D eigenvalue weighted by Crippen LogP contribution is 2.37. The van der Waals surface area contributed by atoms with Crippen LogP contribution in [0, 0.1) is 0 Å². The monoisotopic (exact) mass is 496 g/mol. The SMILES string of the molecule is COc1ncnc2c1c(/C=C/C(=O)N1CCc3c(c(C(F)(F)F)nn3C)C1)c(-c1ccccc1)n2C. The van der Waals surface area contributed by atoms with Crippen molar-refractivity contribution < 1.29 is 22.7 Å². The van der Waals surface area contributed by atoms with Crippen molar-refractivity contribution in [2.24, 2.45) is 14.1 Å². The van der Waals surface area contributed by atoms with E-state index < -0.39 is 17.8 Å². The fourth-order valence-electron chi connectivity index (χ4n) is 4.79. The summed E-state index contributed by atoms with van der Waals surface area (Å²) in [7, 11) is 4.86. The minimum Gasteiger partial charge on any atom is -0.480 e. The van der Waals surface area contributed by atoms with Crippen molar-refractivity contribution in [3.63, 3.8) is 0 Å². The Kier molecular flexibility index (Phi) is 5.77. The van der Waals surface area contributed by atoms with Gasteiger partial charge in [0.1, 0.15) is 12.0 Å². The van der Waals surface area contributed by atoms with Gasteiger partial charge in [0.15, 0.2) is 5.69 Å². The molecule has 1 aromatic carbocycles. The van der Waals surface area contributed by atoms with Crippen LogP contribution in [0.4, 0.5) is 13.2 Å². The largest absolute Gasteiger partial charge is 0.480 e. The van der Waals surface area contributed by atoms with E-state index in [1.165, 1.54) is 36.1 Å². The molecule has 1 amide bonds. The Morgan fingerprint density at radius 2 is 1.89 bits per heavy atom. The number of halogens is 3. The van der Waals surface area contributed by atoms with Crippen molar-refractivity contribution in [3.05, 3.63) is 65.2 Å². The van der Waals surface area contributed by atoms with Crippen molar-refractivity contribution in [1.82, 2.24) is 29.2 Å². The number of ether oxygens (including phenoxy) is 1. The van der Waals surface area contributed by atoms with Gasteiger partial charge in [-0.1, -0.05) is 30.3 Å². The fraction of sp³-hybridized carbons (Fsp3) is 0.280. The van der Waals surface area contributed by atoms with Crippen LogP contribution in [-0.2, 0) is 38.0 Å². The lowest BCUT2D eigenvalue weighted by molar-refractivity contribution is -0.143. The van der Waals surface area contributed by atoms with E-state index in [2.05, 4.69) is 15.1 Å². The first kappa shape index (κ1) is 23.6. The third-order valence-corrected chi connectivity index (χ3v) is 6.43. The average Bonchev–Trinajstić information content (AvgIpc) is 3.36. The van der Waals surface area contributed by atoms with Gasteiger partial charge in [0.2, 0.25) is 11.8 Å². The van der Waals surface area contributed by atoms with Gasteiger partial charge < -0.3 is 14.2 Å². The lowest BCUT2D eigenvalue weighted by Crippen LogP contribution is -2.35. The van der Waals surface area contributed by atoms with E-state index >= 15 is 0 Å². The molecule has 0 fully saturated rings. The third-order valence-electron chi connectivity index (χ3n) is 6.43. The Bertz CT molecular complexity index is 1490. The third kappa shape index (κ3) is 3.90. The Labute approximate surface area is 204 Å². The van der Waals surface area contributed by atoms with Crippen molar-refractivity contribution >= 4 is 23.0 Å². The number of aryl methyl sites for hydroxylation is 2. The first-order valence-electron chi connectivity index (χ1n) is 11.2. The highest BCUT2D eigenvalue weighted by Gasteiger charge is 2.40. The molecule has 4 heterocycles. The summed E-state index contributed by atoms with van der Waals surface area (Å²) in [5.41, 5.74) is 2.62. The van der Waals surface area contributed by atoms with E-state index in [1.54, 1.807) is 6.08 Å².